The number of ether oxygens (including phenoxy) is 1. The number of hydrogen-bond acceptors (Lipinski definition) is 4. The van der Waals surface area contributed by atoms with Gasteiger partial charge in [-0.1, -0.05) is 25.1 Å². The van der Waals surface area contributed by atoms with E-state index < -0.39 is 12.4 Å². The molecule has 5 nitrogen and oxygen atoms in total. The van der Waals surface area contributed by atoms with Crippen molar-refractivity contribution >= 4 is 0 Å². The van der Waals surface area contributed by atoms with Crippen molar-refractivity contribution < 1.29 is 17.9 Å². The van der Waals surface area contributed by atoms with Gasteiger partial charge in [-0.15, -0.1) is 13.2 Å². The molecular formula is C13H15F3N4O. The number of para-hydroxylation sites is 1. The third kappa shape index (κ3) is 4.19. The van der Waals surface area contributed by atoms with E-state index in [4.69, 9.17) is 0 Å². The van der Waals surface area contributed by atoms with Crippen LogP contribution in [0.1, 0.15) is 30.8 Å². The summed E-state index contributed by atoms with van der Waals surface area (Å²) in [5.74, 6) is 0.177. The van der Waals surface area contributed by atoms with Crippen LogP contribution in [0.25, 0.3) is 0 Å². The van der Waals surface area contributed by atoms with Gasteiger partial charge in [-0.2, -0.15) is 5.10 Å². The van der Waals surface area contributed by atoms with E-state index in [0.717, 1.165) is 6.42 Å². The predicted octanol–water partition coefficient (Wildman–Crippen LogP) is 2.79. The quantitative estimate of drug-likeness (QED) is 0.861. The van der Waals surface area contributed by atoms with Crippen LogP contribution >= 0.6 is 0 Å². The van der Waals surface area contributed by atoms with Gasteiger partial charge in [0.15, 0.2) is 0 Å². The molecule has 0 amide bonds. The monoisotopic (exact) mass is 300 g/mol. The Kier molecular flexibility index (Phi) is 4.79. The van der Waals surface area contributed by atoms with Gasteiger partial charge in [0.25, 0.3) is 0 Å². The highest BCUT2D eigenvalue weighted by atomic mass is 19.4. The Morgan fingerprint density at radius 1 is 1.33 bits per heavy atom. The summed E-state index contributed by atoms with van der Waals surface area (Å²) in [6.45, 7) is 2.58. The Hall–Kier alpha value is -2.09. The van der Waals surface area contributed by atoms with Crippen LogP contribution in [0.5, 0.6) is 5.75 Å². The smallest absolute Gasteiger partial charge is 0.405 e. The first-order valence-corrected chi connectivity index (χ1v) is 6.44. The molecule has 2 rings (SSSR count). The maximum atomic E-state index is 12.5. The van der Waals surface area contributed by atoms with Gasteiger partial charge in [-0.25, -0.2) is 4.98 Å². The van der Waals surface area contributed by atoms with Crippen molar-refractivity contribution in [1.82, 2.24) is 20.5 Å². The van der Waals surface area contributed by atoms with Crippen molar-refractivity contribution in [3.05, 3.63) is 42.0 Å². The van der Waals surface area contributed by atoms with Gasteiger partial charge in [0.2, 0.25) is 0 Å². The summed E-state index contributed by atoms with van der Waals surface area (Å²) in [5.41, 5.74) is 0.347. The normalized spacial score (nSPS) is 13.1. The molecule has 2 aromatic rings. The van der Waals surface area contributed by atoms with Crippen molar-refractivity contribution in [3.8, 4) is 5.75 Å². The van der Waals surface area contributed by atoms with Crippen molar-refractivity contribution in [1.29, 1.82) is 0 Å². The zero-order valence-corrected chi connectivity index (χ0v) is 11.3. The second-order valence-corrected chi connectivity index (χ2v) is 4.34. The molecular weight excluding hydrogens is 285 g/mol. The molecule has 1 aromatic heterocycles. The number of aromatic nitrogens is 3. The Balaban J connectivity index is 2.35. The van der Waals surface area contributed by atoms with E-state index in [1.165, 1.54) is 18.5 Å². The van der Waals surface area contributed by atoms with E-state index in [1.54, 1.807) is 12.1 Å². The molecule has 0 spiro atoms. The lowest BCUT2D eigenvalue weighted by molar-refractivity contribution is -0.275. The molecule has 0 radical (unpaired) electrons. The molecule has 1 aromatic carbocycles. The van der Waals surface area contributed by atoms with Gasteiger partial charge < -0.3 is 10.1 Å². The number of alkyl halides is 3. The highest BCUT2D eigenvalue weighted by molar-refractivity contribution is 5.38. The minimum atomic E-state index is -4.74. The van der Waals surface area contributed by atoms with Crippen LogP contribution in [-0.2, 0) is 0 Å². The summed E-state index contributed by atoms with van der Waals surface area (Å²) >= 11 is 0. The molecule has 0 saturated heterocycles. The van der Waals surface area contributed by atoms with Crippen LogP contribution in [0.2, 0.25) is 0 Å². The second kappa shape index (κ2) is 6.57. The minimum Gasteiger partial charge on any atom is -0.405 e. The second-order valence-electron chi connectivity index (χ2n) is 4.34. The largest absolute Gasteiger partial charge is 0.573 e. The first-order chi connectivity index (χ1) is 10.0. The highest BCUT2D eigenvalue weighted by Crippen LogP contribution is 2.32. The first-order valence-electron chi connectivity index (χ1n) is 6.44. The molecule has 8 heteroatoms. The highest BCUT2D eigenvalue weighted by Gasteiger charge is 2.33. The van der Waals surface area contributed by atoms with Gasteiger partial charge in [-0.05, 0) is 19.0 Å². The molecule has 0 fully saturated rings. The molecule has 1 unspecified atom stereocenters. The molecule has 0 aliphatic carbocycles. The zero-order valence-electron chi connectivity index (χ0n) is 11.3. The van der Waals surface area contributed by atoms with Gasteiger partial charge >= 0.3 is 6.36 Å². The van der Waals surface area contributed by atoms with Crippen LogP contribution in [-0.4, -0.2) is 28.1 Å². The Morgan fingerprint density at radius 3 is 2.71 bits per heavy atom. The summed E-state index contributed by atoms with van der Waals surface area (Å²) < 4.78 is 41.6. The van der Waals surface area contributed by atoms with Crippen molar-refractivity contribution in [2.75, 3.05) is 6.54 Å². The Labute approximate surface area is 119 Å². The van der Waals surface area contributed by atoms with E-state index in [-0.39, 0.29) is 5.75 Å². The lowest BCUT2D eigenvalue weighted by Gasteiger charge is -2.20. The van der Waals surface area contributed by atoms with Crippen LogP contribution < -0.4 is 10.1 Å². The summed E-state index contributed by atoms with van der Waals surface area (Å²) in [5, 5.41) is 9.55. The molecule has 0 aliphatic heterocycles. The third-order valence-electron chi connectivity index (χ3n) is 2.76. The average Bonchev–Trinajstić information content (AvgIpc) is 2.93. The lowest BCUT2D eigenvalue weighted by atomic mass is 10.0. The van der Waals surface area contributed by atoms with E-state index in [0.29, 0.717) is 17.9 Å². The van der Waals surface area contributed by atoms with E-state index in [1.807, 2.05) is 6.92 Å². The summed E-state index contributed by atoms with van der Waals surface area (Å²) in [4.78, 5) is 4.02. The maximum Gasteiger partial charge on any atom is 0.573 e. The van der Waals surface area contributed by atoms with Gasteiger partial charge in [0, 0.05) is 5.56 Å². The number of nitrogens with zero attached hydrogens (tertiary/aromatic N) is 2. The number of hydrogen-bond donors (Lipinski definition) is 2. The van der Waals surface area contributed by atoms with Crippen LogP contribution in [0, 0.1) is 0 Å². The summed E-state index contributed by atoms with van der Waals surface area (Å²) in [6.07, 6.45) is -2.61. The van der Waals surface area contributed by atoms with E-state index in [2.05, 4.69) is 25.2 Å². The molecule has 21 heavy (non-hydrogen) atoms. The Morgan fingerprint density at radius 2 is 2.10 bits per heavy atom. The summed E-state index contributed by atoms with van der Waals surface area (Å²) in [6, 6.07) is 5.43. The number of nitrogens with one attached hydrogen (secondary N) is 2. The minimum absolute atomic E-state index is 0.255. The number of aromatic amines is 1. The Bertz CT molecular complexity index is 557. The fourth-order valence-electron chi connectivity index (χ4n) is 1.93. The van der Waals surface area contributed by atoms with E-state index >= 15 is 0 Å². The van der Waals surface area contributed by atoms with Crippen LogP contribution in [0.15, 0.2) is 30.6 Å². The van der Waals surface area contributed by atoms with Crippen molar-refractivity contribution in [2.45, 2.75) is 25.7 Å². The van der Waals surface area contributed by atoms with Crippen LogP contribution in [0.3, 0.4) is 0 Å². The number of halogens is 3. The number of H-pyrrole nitrogens is 1. The molecule has 1 heterocycles. The van der Waals surface area contributed by atoms with Crippen molar-refractivity contribution in [2.24, 2.45) is 0 Å². The number of benzene rings is 1. The van der Waals surface area contributed by atoms with Crippen LogP contribution in [0.4, 0.5) is 13.2 Å². The topological polar surface area (TPSA) is 62.8 Å². The predicted molar refractivity (Wildman–Crippen MR) is 69.6 cm³/mol. The molecule has 114 valence electrons. The number of rotatable bonds is 6. The average molecular weight is 300 g/mol. The zero-order chi connectivity index (χ0) is 15.3. The molecule has 2 N–H and O–H groups in total. The van der Waals surface area contributed by atoms with Gasteiger partial charge in [-0.3, -0.25) is 5.10 Å². The SMILES string of the molecule is CCCNC(c1ncn[nH]1)c1ccccc1OC(F)(F)F. The van der Waals surface area contributed by atoms with Gasteiger partial charge in [0.05, 0.1) is 6.04 Å². The first kappa shape index (κ1) is 15.3. The standard InChI is InChI=1S/C13H15F3N4O/c1-2-7-17-11(12-18-8-19-20-12)9-5-3-4-6-10(9)21-13(14,15)16/h3-6,8,11,17H,2,7H2,1H3,(H,18,19,20). The van der Waals surface area contributed by atoms with Gasteiger partial charge in [0.1, 0.15) is 17.9 Å². The molecule has 0 bridgehead atoms. The lowest BCUT2D eigenvalue weighted by Crippen LogP contribution is -2.26. The molecule has 0 saturated carbocycles. The van der Waals surface area contributed by atoms with E-state index in [9.17, 15) is 13.2 Å². The summed E-state index contributed by atoms with van der Waals surface area (Å²) in [7, 11) is 0. The fourth-order valence-corrected chi connectivity index (χ4v) is 1.93. The molecule has 0 aliphatic rings. The third-order valence-corrected chi connectivity index (χ3v) is 2.76. The maximum absolute atomic E-state index is 12.5. The fraction of sp³-hybridized carbons (Fsp3) is 0.385. The molecule has 1 atom stereocenters. The van der Waals surface area contributed by atoms with Crippen molar-refractivity contribution in [3.63, 3.8) is 0 Å².